The highest BCUT2D eigenvalue weighted by Crippen LogP contribution is 2.27. The Morgan fingerprint density at radius 1 is 1.45 bits per heavy atom. The second-order valence-electron chi connectivity index (χ2n) is 2.18. The molecule has 1 aromatic heterocycles. The van der Waals surface area contributed by atoms with Crippen LogP contribution in [0.15, 0.2) is 22.7 Å². The van der Waals surface area contributed by atoms with Crippen LogP contribution in [-0.4, -0.2) is 10.2 Å². The number of nitrogens with one attached hydrogen (secondary N) is 1. The fraction of sp³-hybridized carbons (Fsp3) is 0. The average molecular weight is 231 g/mol. The fourth-order valence-electron chi connectivity index (χ4n) is 0.992. The molecule has 0 fully saturated rings. The lowest BCUT2D eigenvalue weighted by molar-refractivity contribution is 1.12. The van der Waals surface area contributed by atoms with E-state index in [1.54, 1.807) is 0 Å². The number of rotatable bonds is 0. The molecule has 2 aromatic rings. The van der Waals surface area contributed by atoms with E-state index in [0.717, 1.165) is 15.4 Å². The predicted octanol–water partition coefficient (Wildman–Crippen LogP) is 2.98. The van der Waals surface area contributed by atoms with Crippen molar-refractivity contribution >= 4 is 38.4 Å². The molecule has 1 aromatic carbocycles. The maximum Gasteiger partial charge on any atom is 0.159 e. The Kier molecular flexibility index (Phi) is 1.62. The highest BCUT2D eigenvalue weighted by atomic mass is 79.9. The minimum atomic E-state index is 0.507. The van der Waals surface area contributed by atoms with Gasteiger partial charge >= 0.3 is 0 Å². The SMILES string of the molecule is Clc1n[nH]c2cccc(Br)c12. The lowest BCUT2D eigenvalue weighted by Crippen LogP contribution is -1.67. The van der Waals surface area contributed by atoms with Gasteiger partial charge < -0.3 is 0 Å². The molecule has 4 heteroatoms. The quantitative estimate of drug-likeness (QED) is 0.742. The largest absolute Gasteiger partial charge is 0.276 e. The van der Waals surface area contributed by atoms with Crippen LogP contribution >= 0.6 is 27.5 Å². The first-order valence-electron chi connectivity index (χ1n) is 3.07. The number of fused-ring (bicyclic) bond motifs is 1. The fourth-order valence-corrected chi connectivity index (χ4v) is 1.91. The van der Waals surface area contributed by atoms with Crippen molar-refractivity contribution in [2.75, 3.05) is 0 Å². The van der Waals surface area contributed by atoms with Crippen molar-refractivity contribution in [1.82, 2.24) is 10.2 Å². The van der Waals surface area contributed by atoms with E-state index in [0.29, 0.717) is 5.15 Å². The zero-order valence-corrected chi connectivity index (χ0v) is 7.78. The van der Waals surface area contributed by atoms with Gasteiger partial charge in [-0.15, -0.1) is 0 Å². The number of benzene rings is 1. The van der Waals surface area contributed by atoms with Crippen LogP contribution in [0, 0.1) is 0 Å². The van der Waals surface area contributed by atoms with Crippen molar-refractivity contribution in [3.8, 4) is 0 Å². The van der Waals surface area contributed by atoms with Gasteiger partial charge in [0.1, 0.15) is 0 Å². The molecule has 2 nitrogen and oxygen atoms in total. The summed E-state index contributed by atoms with van der Waals surface area (Å²) in [5, 5.41) is 8.13. The summed E-state index contributed by atoms with van der Waals surface area (Å²) in [6.07, 6.45) is 0. The number of aromatic nitrogens is 2. The highest BCUT2D eigenvalue weighted by molar-refractivity contribution is 9.10. The Morgan fingerprint density at radius 3 is 3.00 bits per heavy atom. The number of halogens is 2. The maximum absolute atomic E-state index is 5.81. The van der Waals surface area contributed by atoms with Gasteiger partial charge in [-0.25, -0.2) is 0 Å². The van der Waals surface area contributed by atoms with Crippen molar-refractivity contribution in [1.29, 1.82) is 0 Å². The number of nitrogens with zero attached hydrogens (tertiary/aromatic N) is 1. The van der Waals surface area contributed by atoms with Gasteiger partial charge in [-0.3, -0.25) is 5.10 Å². The van der Waals surface area contributed by atoms with Gasteiger partial charge in [0.2, 0.25) is 0 Å². The first-order chi connectivity index (χ1) is 5.29. The standard InChI is InChI=1S/C7H4BrClN2/c8-4-2-1-3-5-6(4)7(9)11-10-5/h1-3H,(H,10,11). The van der Waals surface area contributed by atoms with Crippen LogP contribution in [0.5, 0.6) is 0 Å². The second-order valence-corrected chi connectivity index (χ2v) is 3.39. The van der Waals surface area contributed by atoms with Gasteiger partial charge in [0.25, 0.3) is 0 Å². The molecule has 0 radical (unpaired) electrons. The second kappa shape index (κ2) is 2.50. The molecule has 1 heterocycles. The molecular formula is C7H4BrClN2. The van der Waals surface area contributed by atoms with Crippen LogP contribution in [0.25, 0.3) is 10.9 Å². The molecule has 0 amide bonds. The third kappa shape index (κ3) is 1.04. The van der Waals surface area contributed by atoms with E-state index in [1.165, 1.54) is 0 Å². The molecule has 0 saturated heterocycles. The summed E-state index contributed by atoms with van der Waals surface area (Å²) in [6, 6.07) is 5.80. The van der Waals surface area contributed by atoms with Gasteiger partial charge in [-0.05, 0) is 28.1 Å². The Bertz CT molecular complexity index is 396. The Hall–Kier alpha value is -0.540. The summed E-state index contributed by atoms with van der Waals surface area (Å²) in [7, 11) is 0. The number of H-pyrrole nitrogens is 1. The number of hydrogen-bond donors (Lipinski definition) is 1. The Labute approximate surface area is 76.7 Å². The monoisotopic (exact) mass is 230 g/mol. The first-order valence-corrected chi connectivity index (χ1v) is 4.24. The summed E-state index contributed by atoms with van der Waals surface area (Å²) >= 11 is 9.19. The first kappa shape index (κ1) is 7.13. The van der Waals surface area contributed by atoms with E-state index in [9.17, 15) is 0 Å². The normalized spacial score (nSPS) is 10.7. The van der Waals surface area contributed by atoms with E-state index >= 15 is 0 Å². The number of aromatic amines is 1. The van der Waals surface area contributed by atoms with Crippen LogP contribution in [0.3, 0.4) is 0 Å². The maximum atomic E-state index is 5.81. The van der Waals surface area contributed by atoms with Crippen LogP contribution in [-0.2, 0) is 0 Å². The molecule has 11 heavy (non-hydrogen) atoms. The molecule has 0 unspecified atom stereocenters. The molecule has 0 aliphatic rings. The summed E-state index contributed by atoms with van der Waals surface area (Å²) in [5.41, 5.74) is 0.948. The van der Waals surface area contributed by atoms with Crippen LogP contribution in [0.2, 0.25) is 5.15 Å². The third-order valence-electron chi connectivity index (χ3n) is 1.49. The smallest absolute Gasteiger partial charge is 0.159 e. The van der Waals surface area contributed by atoms with E-state index in [-0.39, 0.29) is 0 Å². The summed E-state index contributed by atoms with van der Waals surface area (Å²) in [4.78, 5) is 0. The Morgan fingerprint density at radius 2 is 2.27 bits per heavy atom. The van der Waals surface area contributed by atoms with E-state index in [2.05, 4.69) is 26.1 Å². The molecule has 56 valence electrons. The molecule has 0 atom stereocenters. The van der Waals surface area contributed by atoms with Gasteiger partial charge in [-0.2, -0.15) is 5.10 Å². The molecule has 2 rings (SSSR count). The topological polar surface area (TPSA) is 28.7 Å². The summed E-state index contributed by atoms with van der Waals surface area (Å²) in [6.45, 7) is 0. The minimum Gasteiger partial charge on any atom is -0.276 e. The molecule has 0 bridgehead atoms. The summed E-state index contributed by atoms with van der Waals surface area (Å²) in [5.74, 6) is 0. The zero-order chi connectivity index (χ0) is 7.84. The molecule has 0 spiro atoms. The lowest BCUT2D eigenvalue weighted by atomic mass is 10.3. The van der Waals surface area contributed by atoms with Gasteiger partial charge in [0.15, 0.2) is 5.15 Å². The molecule has 0 aliphatic carbocycles. The average Bonchev–Trinajstić information content (AvgIpc) is 2.34. The third-order valence-corrected chi connectivity index (χ3v) is 2.43. The molecule has 0 saturated carbocycles. The zero-order valence-electron chi connectivity index (χ0n) is 5.44. The minimum absolute atomic E-state index is 0.507. The lowest BCUT2D eigenvalue weighted by Gasteiger charge is -1.90. The van der Waals surface area contributed by atoms with E-state index < -0.39 is 0 Å². The Balaban J connectivity index is 2.96. The van der Waals surface area contributed by atoms with Gasteiger partial charge in [0.05, 0.1) is 10.9 Å². The predicted molar refractivity (Wildman–Crippen MR) is 48.8 cm³/mol. The number of hydrogen-bond acceptors (Lipinski definition) is 1. The van der Waals surface area contributed by atoms with Crippen LogP contribution in [0.1, 0.15) is 0 Å². The van der Waals surface area contributed by atoms with E-state index in [1.807, 2.05) is 18.2 Å². The van der Waals surface area contributed by atoms with Crippen molar-refractivity contribution in [2.45, 2.75) is 0 Å². The van der Waals surface area contributed by atoms with Crippen molar-refractivity contribution in [2.24, 2.45) is 0 Å². The van der Waals surface area contributed by atoms with Crippen LogP contribution < -0.4 is 0 Å². The summed E-state index contributed by atoms with van der Waals surface area (Å²) < 4.78 is 0.966. The van der Waals surface area contributed by atoms with Crippen LogP contribution in [0.4, 0.5) is 0 Å². The van der Waals surface area contributed by atoms with Crippen molar-refractivity contribution < 1.29 is 0 Å². The van der Waals surface area contributed by atoms with Gasteiger partial charge in [0, 0.05) is 4.47 Å². The molecular weight excluding hydrogens is 227 g/mol. The highest BCUT2D eigenvalue weighted by Gasteiger charge is 2.04. The van der Waals surface area contributed by atoms with Crippen molar-refractivity contribution in [3.05, 3.63) is 27.8 Å². The van der Waals surface area contributed by atoms with E-state index in [4.69, 9.17) is 11.6 Å². The van der Waals surface area contributed by atoms with Gasteiger partial charge in [-0.1, -0.05) is 17.7 Å². The van der Waals surface area contributed by atoms with Crippen molar-refractivity contribution in [3.63, 3.8) is 0 Å². The molecule has 0 aliphatic heterocycles. The molecule has 1 N–H and O–H groups in total.